The molecule has 0 aromatic carbocycles. The van der Waals surface area contributed by atoms with Crippen molar-refractivity contribution in [3.05, 3.63) is 22.8 Å². The Morgan fingerprint density at radius 3 is 2.70 bits per heavy atom. The van der Waals surface area contributed by atoms with Crippen LogP contribution in [0.5, 0.6) is 0 Å². The zero-order chi connectivity index (χ0) is 14.8. The topological polar surface area (TPSA) is 47.0 Å². The zero-order valence-electron chi connectivity index (χ0n) is 11.5. The van der Waals surface area contributed by atoms with Crippen molar-refractivity contribution in [2.75, 3.05) is 13.2 Å². The molecule has 1 aliphatic heterocycles. The van der Waals surface area contributed by atoms with E-state index in [1.54, 1.807) is 0 Å². The summed E-state index contributed by atoms with van der Waals surface area (Å²) >= 11 is 0. The van der Waals surface area contributed by atoms with Crippen molar-refractivity contribution in [1.29, 1.82) is 0 Å². The summed E-state index contributed by atoms with van der Waals surface area (Å²) in [6, 6.07) is 0. The normalized spacial score (nSPS) is 15.5. The van der Waals surface area contributed by atoms with Crippen molar-refractivity contribution >= 4 is 0 Å². The number of aromatic nitrogens is 2. The number of hydrogen-bond donors (Lipinski definition) is 1. The first-order valence-electron chi connectivity index (χ1n) is 6.60. The Morgan fingerprint density at radius 2 is 2.05 bits per heavy atom. The highest BCUT2D eigenvalue weighted by molar-refractivity contribution is 5.30. The third-order valence-electron chi connectivity index (χ3n) is 3.06. The molecular weight excluding hydrogens is 271 g/mol. The number of alkyl halides is 3. The maximum atomic E-state index is 12.1. The third-order valence-corrected chi connectivity index (χ3v) is 3.06. The van der Waals surface area contributed by atoms with Crippen molar-refractivity contribution < 1.29 is 17.9 Å². The highest BCUT2D eigenvalue weighted by Crippen LogP contribution is 2.23. The molecule has 1 aromatic rings. The Balaban J connectivity index is 2.15. The van der Waals surface area contributed by atoms with E-state index in [1.807, 2.05) is 13.8 Å². The second-order valence-corrected chi connectivity index (χ2v) is 5.14. The summed E-state index contributed by atoms with van der Waals surface area (Å²) in [5, 5.41) is 3.20. The average molecular weight is 289 g/mol. The summed E-state index contributed by atoms with van der Waals surface area (Å²) in [6.45, 7) is 4.05. The average Bonchev–Trinajstić information content (AvgIpc) is 2.36. The molecule has 0 atom stereocenters. The Labute approximate surface area is 115 Å². The molecule has 4 nitrogen and oxygen atoms in total. The molecule has 0 radical (unpaired) electrons. The Morgan fingerprint density at radius 1 is 1.30 bits per heavy atom. The van der Waals surface area contributed by atoms with E-state index in [0.29, 0.717) is 12.4 Å². The molecule has 0 fully saturated rings. The summed E-state index contributed by atoms with van der Waals surface area (Å²) in [5.74, 6) is 0.534. The van der Waals surface area contributed by atoms with E-state index in [4.69, 9.17) is 0 Å². The molecule has 0 amide bonds. The predicted octanol–water partition coefficient (Wildman–Crippen LogP) is 2.32. The minimum absolute atomic E-state index is 0.214. The van der Waals surface area contributed by atoms with Gasteiger partial charge in [0.25, 0.3) is 0 Å². The lowest BCUT2D eigenvalue weighted by Crippen LogP contribution is -2.27. The number of hydrogen-bond acceptors (Lipinski definition) is 4. The van der Waals surface area contributed by atoms with Crippen molar-refractivity contribution in [3.63, 3.8) is 0 Å². The van der Waals surface area contributed by atoms with Gasteiger partial charge < -0.3 is 10.1 Å². The SMILES string of the molecule is CC(C)c1nc(COCC(F)(F)F)nc2c1CCNC2. The fourth-order valence-corrected chi connectivity index (χ4v) is 2.24. The lowest BCUT2D eigenvalue weighted by Gasteiger charge is -2.21. The number of nitrogens with zero attached hydrogens (tertiary/aromatic N) is 2. The third kappa shape index (κ3) is 3.89. The molecule has 0 unspecified atom stereocenters. The van der Waals surface area contributed by atoms with Gasteiger partial charge in [0.1, 0.15) is 13.2 Å². The van der Waals surface area contributed by atoms with E-state index in [0.717, 1.165) is 29.9 Å². The van der Waals surface area contributed by atoms with Crippen LogP contribution in [0.25, 0.3) is 0 Å². The number of rotatable bonds is 4. The zero-order valence-corrected chi connectivity index (χ0v) is 11.5. The van der Waals surface area contributed by atoms with E-state index in [9.17, 15) is 13.2 Å². The Kier molecular flexibility index (Phi) is 4.59. The van der Waals surface area contributed by atoms with Crippen molar-refractivity contribution in [3.8, 4) is 0 Å². The molecule has 2 heterocycles. The maximum Gasteiger partial charge on any atom is 0.411 e. The largest absolute Gasteiger partial charge is 0.411 e. The van der Waals surface area contributed by atoms with Crippen LogP contribution in [0.1, 0.15) is 42.5 Å². The van der Waals surface area contributed by atoms with Crippen LogP contribution in [0.15, 0.2) is 0 Å². The minimum Gasteiger partial charge on any atom is -0.364 e. The molecule has 20 heavy (non-hydrogen) atoms. The number of fused-ring (bicyclic) bond motifs is 1. The molecule has 1 aromatic heterocycles. The van der Waals surface area contributed by atoms with Crippen LogP contribution in [0.3, 0.4) is 0 Å². The van der Waals surface area contributed by atoms with E-state index >= 15 is 0 Å². The molecule has 0 aliphatic carbocycles. The highest BCUT2D eigenvalue weighted by atomic mass is 19.4. The second-order valence-electron chi connectivity index (χ2n) is 5.14. The molecule has 2 rings (SSSR count). The van der Waals surface area contributed by atoms with E-state index in [2.05, 4.69) is 20.0 Å². The standard InChI is InChI=1S/C13H18F3N3O/c1-8(2)12-9-3-4-17-5-10(9)18-11(19-12)6-20-7-13(14,15)16/h8,17H,3-7H2,1-2H3. The van der Waals surface area contributed by atoms with E-state index in [-0.39, 0.29) is 12.5 Å². The van der Waals surface area contributed by atoms with Gasteiger partial charge in [0, 0.05) is 6.54 Å². The number of ether oxygens (including phenoxy) is 1. The summed E-state index contributed by atoms with van der Waals surface area (Å²) < 4.78 is 40.8. The van der Waals surface area contributed by atoms with E-state index < -0.39 is 12.8 Å². The van der Waals surface area contributed by atoms with Crippen LogP contribution < -0.4 is 5.32 Å². The summed E-state index contributed by atoms with van der Waals surface area (Å²) in [7, 11) is 0. The van der Waals surface area contributed by atoms with E-state index in [1.165, 1.54) is 0 Å². The fourth-order valence-electron chi connectivity index (χ4n) is 2.24. The van der Waals surface area contributed by atoms with Gasteiger partial charge in [-0.15, -0.1) is 0 Å². The minimum atomic E-state index is -4.32. The molecule has 1 N–H and O–H groups in total. The number of halogens is 3. The van der Waals surface area contributed by atoms with Gasteiger partial charge in [0.15, 0.2) is 5.82 Å². The summed E-state index contributed by atoms with van der Waals surface area (Å²) in [6.07, 6.45) is -3.47. The molecule has 0 bridgehead atoms. The molecule has 112 valence electrons. The van der Waals surface area contributed by atoms with Crippen LogP contribution in [0.2, 0.25) is 0 Å². The highest BCUT2D eigenvalue weighted by Gasteiger charge is 2.28. The molecule has 0 spiro atoms. The summed E-state index contributed by atoms with van der Waals surface area (Å²) in [5.41, 5.74) is 2.92. The molecule has 1 aliphatic rings. The van der Waals surface area contributed by atoms with Gasteiger partial charge in [-0.05, 0) is 24.4 Å². The van der Waals surface area contributed by atoms with Crippen LogP contribution >= 0.6 is 0 Å². The fraction of sp³-hybridized carbons (Fsp3) is 0.692. The van der Waals surface area contributed by atoms with Gasteiger partial charge in [0.05, 0.1) is 11.4 Å². The lowest BCUT2D eigenvalue weighted by atomic mass is 9.97. The van der Waals surface area contributed by atoms with Crippen LogP contribution in [-0.4, -0.2) is 29.3 Å². The first-order chi connectivity index (χ1) is 9.37. The van der Waals surface area contributed by atoms with Crippen molar-refractivity contribution in [1.82, 2.24) is 15.3 Å². The second kappa shape index (κ2) is 6.05. The number of nitrogens with one attached hydrogen (secondary N) is 1. The molecular formula is C13H18F3N3O. The van der Waals surface area contributed by atoms with Crippen LogP contribution in [0, 0.1) is 0 Å². The lowest BCUT2D eigenvalue weighted by molar-refractivity contribution is -0.177. The van der Waals surface area contributed by atoms with Gasteiger partial charge in [-0.2, -0.15) is 13.2 Å². The Bertz CT molecular complexity index is 475. The first-order valence-corrected chi connectivity index (χ1v) is 6.60. The van der Waals surface area contributed by atoms with Gasteiger partial charge in [0.2, 0.25) is 0 Å². The van der Waals surface area contributed by atoms with Gasteiger partial charge >= 0.3 is 6.18 Å². The van der Waals surface area contributed by atoms with Gasteiger partial charge in [-0.3, -0.25) is 0 Å². The quantitative estimate of drug-likeness (QED) is 0.924. The van der Waals surface area contributed by atoms with Crippen molar-refractivity contribution in [2.24, 2.45) is 0 Å². The smallest absolute Gasteiger partial charge is 0.364 e. The monoisotopic (exact) mass is 289 g/mol. The molecule has 7 heteroatoms. The Hall–Kier alpha value is -1.21. The maximum absolute atomic E-state index is 12.1. The van der Waals surface area contributed by atoms with Crippen molar-refractivity contribution in [2.45, 2.75) is 45.5 Å². The van der Waals surface area contributed by atoms with Crippen LogP contribution in [0.4, 0.5) is 13.2 Å². The summed E-state index contributed by atoms with van der Waals surface area (Å²) in [4.78, 5) is 8.68. The molecule has 0 saturated carbocycles. The van der Waals surface area contributed by atoms with Crippen LogP contribution in [-0.2, 0) is 24.3 Å². The first kappa shape index (κ1) is 15.2. The predicted molar refractivity (Wildman–Crippen MR) is 67.2 cm³/mol. The molecule has 0 saturated heterocycles. The van der Waals surface area contributed by atoms with Gasteiger partial charge in [-0.25, -0.2) is 9.97 Å². The van der Waals surface area contributed by atoms with Gasteiger partial charge in [-0.1, -0.05) is 13.8 Å².